The van der Waals surface area contributed by atoms with Gasteiger partial charge in [0.1, 0.15) is 5.82 Å². The van der Waals surface area contributed by atoms with Crippen LogP contribution in [-0.4, -0.2) is 33.9 Å². The van der Waals surface area contributed by atoms with Crippen LogP contribution in [0, 0.1) is 0 Å². The van der Waals surface area contributed by atoms with Crippen LogP contribution >= 0.6 is 0 Å². The minimum absolute atomic E-state index is 0.118. The molecule has 1 aromatic carbocycles. The van der Waals surface area contributed by atoms with Crippen molar-refractivity contribution >= 4 is 16.8 Å². The molecule has 0 aliphatic rings. The van der Waals surface area contributed by atoms with Gasteiger partial charge in [0.2, 0.25) is 5.91 Å². The molecule has 2 aromatic rings. The fourth-order valence-electron chi connectivity index (χ4n) is 3.15. The second-order valence-electron chi connectivity index (χ2n) is 6.75. The van der Waals surface area contributed by atoms with Gasteiger partial charge in [-0.1, -0.05) is 25.5 Å². The van der Waals surface area contributed by atoms with Crippen molar-refractivity contribution in [1.29, 1.82) is 0 Å². The van der Waals surface area contributed by atoms with Gasteiger partial charge in [0, 0.05) is 13.0 Å². The molecule has 1 heterocycles. The third kappa shape index (κ3) is 5.14. The first-order valence-electron chi connectivity index (χ1n) is 9.66. The quantitative estimate of drug-likeness (QED) is 0.638. The minimum Gasteiger partial charge on any atom is -0.358 e. The molecule has 142 valence electrons. The third-order valence-corrected chi connectivity index (χ3v) is 4.68. The van der Waals surface area contributed by atoms with E-state index in [1.807, 2.05) is 36.9 Å². The first-order chi connectivity index (χ1) is 12.6. The molecule has 1 aromatic heterocycles. The Hall–Kier alpha value is -2.21. The highest BCUT2D eigenvalue weighted by atomic mass is 16.2. The lowest BCUT2D eigenvalue weighted by atomic mass is 10.1. The lowest BCUT2D eigenvalue weighted by Crippen LogP contribution is -2.50. The molecule has 0 aliphatic carbocycles. The predicted octanol–water partition coefficient (Wildman–Crippen LogP) is 2.42. The highest BCUT2D eigenvalue weighted by Gasteiger charge is 2.22. The number of hydrogen-bond donors (Lipinski definition) is 2. The molecule has 0 fully saturated rings. The van der Waals surface area contributed by atoms with Crippen LogP contribution in [0.2, 0.25) is 0 Å². The number of nitrogens with one attached hydrogen (secondary N) is 1. The zero-order chi connectivity index (χ0) is 18.9. The topological polar surface area (TPSA) is 93.7 Å². The lowest BCUT2D eigenvalue weighted by Gasteiger charge is -2.29. The number of carbonyl (C=O) groups excluding carboxylic acids is 1. The summed E-state index contributed by atoms with van der Waals surface area (Å²) >= 11 is 0. The minimum atomic E-state index is -0.251. The fourth-order valence-corrected chi connectivity index (χ4v) is 3.15. The van der Waals surface area contributed by atoms with Gasteiger partial charge in [-0.15, -0.1) is 0 Å². The Labute approximate surface area is 154 Å². The van der Waals surface area contributed by atoms with E-state index in [0.29, 0.717) is 29.7 Å². The number of para-hydroxylation sites is 1. The number of amides is 1. The Bertz CT molecular complexity index is 772. The second-order valence-corrected chi connectivity index (χ2v) is 6.75. The number of carbonyl (C=O) groups is 1. The van der Waals surface area contributed by atoms with Crippen LogP contribution in [0.1, 0.15) is 64.2 Å². The molecule has 4 N–H and O–H groups in total. The highest BCUT2D eigenvalue weighted by Crippen LogP contribution is 2.20. The first-order valence-corrected chi connectivity index (χ1v) is 9.66. The van der Waals surface area contributed by atoms with E-state index in [2.05, 4.69) is 15.7 Å². The SMILES string of the molecule is CCCC(=O)N(CCCCCC[NH3+])[C@@H](C)c1nc2ccccc2c(=O)[nH]1. The number of aromatic amines is 1. The molecule has 0 unspecified atom stereocenters. The number of rotatable bonds is 10. The van der Waals surface area contributed by atoms with Gasteiger partial charge in [0.05, 0.1) is 23.5 Å². The van der Waals surface area contributed by atoms with E-state index < -0.39 is 0 Å². The van der Waals surface area contributed by atoms with E-state index in [4.69, 9.17) is 0 Å². The molecule has 0 spiro atoms. The molecule has 0 radical (unpaired) electrons. The van der Waals surface area contributed by atoms with Crippen molar-refractivity contribution in [3.05, 3.63) is 40.4 Å². The average Bonchev–Trinajstić information content (AvgIpc) is 2.64. The van der Waals surface area contributed by atoms with E-state index in [-0.39, 0.29) is 17.5 Å². The Balaban J connectivity index is 2.20. The summed E-state index contributed by atoms with van der Waals surface area (Å²) in [6.07, 6.45) is 5.63. The van der Waals surface area contributed by atoms with E-state index in [1.54, 1.807) is 6.07 Å². The largest absolute Gasteiger partial charge is 0.358 e. The van der Waals surface area contributed by atoms with Crippen molar-refractivity contribution < 1.29 is 10.5 Å². The number of benzene rings is 1. The van der Waals surface area contributed by atoms with Gasteiger partial charge < -0.3 is 15.6 Å². The number of unbranched alkanes of at least 4 members (excludes halogenated alkanes) is 3. The smallest absolute Gasteiger partial charge is 0.258 e. The van der Waals surface area contributed by atoms with E-state index >= 15 is 0 Å². The summed E-state index contributed by atoms with van der Waals surface area (Å²) in [6.45, 7) is 5.59. The Morgan fingerprint density at radius 2 is 1.96 bits per heavy atom. The molecule has 26 heavy (non-hydrogen) atoms. The summed E-state index contributed by atoms with van der Waals surface area (Å²) in [5.74, 6) is 0.670. The van der Waals surface area contributed by atoms with E-state index in [9.17, 15) is 9.59 Å². The van der Waals surface area contributed by atoms with Crippen molar-refractivity contribution in [1.82, 2.24) is 14.9 Å². The maximum Gasteiger partial charge on any atom is 0.258 e. The average molecular weight is 359 g/mol. The zero-order valence-corrected chi connectivity index (χ0v) is 16.0. The van der Waals surface area contributed by atoms with Gasteiger partial charge in [0.25, 0.3) is 5.56 Å². The van der Waals surface area contributed by atoms with E-state index in [0.717, 1.165) is 38.6 Å². The van der Waals surface area contributed by atoms with Gasteiger partial charge in [-0.2, -0.15) is 0 Å². The monoisotopic (exact) mass is 359 g/mol. The molecule has 6 heteroatoms. The van der Waals surface area contributed by atoms with Gasteiger partial charge in [-0.3, -0.25) is 9.59 Å². The number of H-pyrrole nitrogens is 1. The van der Waals surface area contributed by atoms with Crippen LogP contribution in [0.3, 0.4) is 0 Å². The van der Waals surface area contributed by atoms with Gasteiger partial charge in [-0.05, 0) is 44.7 Å². The van der Waals surface area contributed by atoms with E-state index in [1.165, 1.54) is 0 Å². The van der Waals surface area contributed by atoms with Crippen molar-refractivity contribution in [2.45, 2.75) is 58.4 Å². The predicted molar refractivity (Wildman–Crippen MR) is 104 cm³/mol. The third-order valence-electron chi connectivity index (χ3n) is 4.68. The van der Waals surface area contributed by atoms with Crippen molar-refractivity contribution in [3.63, 3.8) is 0 Å². The summed E-state index contributed by atoms with van der Waals surface area (Å²) in [6, 6.07) is 7.03. The molecule has 2 rings (SSSR count). The van der Waals surface area contributed by atoms with Crippen LogP contribution in [0.15, 0.2) is 29.1 Å². The molecule has 0 aliphatic heterocycles. The molecule has 1 atom stereocenters. The maximum atomic E-state index is 12.6. The zero-order valence-electron chi connectivity index (χ0n) is 16.0. The van der Waals surface area contributed by atoms with Crippen LogP contribution in [0.5, 0.6) is 0 Å². The van der Waals surface area contributed by atoms with Crippen LogP contribution in [0.4, 0.5) is 0 Å². The summed E-state index contributed by atoms with van der Waals surface area (Å²) in [5.41, 5.74) is 4.37. The van der Waals surface area contributed by atoms with Crippen LogP contribution in [-0.2, 0) is 4.79 Å². The van der Waals surface area contributed by atoms with Crippen molar-refractivity contribution in [2.75, 3.05) is 13.1 Å². The first kappa shape index (κ1) is 20.1. The molecule has 0 saturated carbocycles. The van der Waals surface area contributed by atoms with Crippen LogP contribution < -0.4 is 11.3 Å². The van der Waals surface area contributed by atoms with Crippen molar-refractivity contribution in [2.24, 2.45) is 0 Å². The molecule has 6 nitrogen and oxygen atoms in total. The number of quaternary nitrogens is 1. The maximum absolute atomic E-state index is 12.6. The standard InChI is InChI=1S/C20H30N4O2/c1-3-10-18(25)24(14-9-5-4-8-13-21)15(2)19-22-17-12-7-6-11-16(17)20(26)23-19/h6-7,11-12,15H,3-5,8-10,13-14,21H2,1-2H3,(H,22,23,26)/p+1/t15-/m0/s1. The summed E-state index contributed by atoms with van der Waals surface area (Å²) in [4.78, 5) is 34.3. The van der Waals surface area contributed by atoms with Crippen molar-refractivity contribution in [3.8, 4) is 0 Å². The molecular weight excluding hydrogens is 328 g/mol. The van der Waals surface area contributed by atoms with Gasteiger partial charge in [0.15, 0.2) is 0 Å². The summed E-state index contributed by atoms with van der Waals surface area (Å²) in [7, 11) is 0. The number of fused-ring (bicyclic) bond motifs is 1. The normalized spacial score (nSPS) is 12.3. The highest BCUT2D eigenvalue weighted by molar-refractivity contribution is 5.78. The number of aromatic nitrogens is 2. The number of nitrogens with zero attached hydrogens (tertiary/aromatic N) is 2. The fraction of sp³-hybridized carbons (Fsp3) is 0.550. The Morgan fingerprint density at radius 3 is 2.69 bits per heavy atom. The van der Waals surface area contributed by atoms with Gasteiger partial charge >= 0.3 is 0 Å². The molecule has 1 amide bonds. The summed E-state index contributed by atoms with van der Waals surface area (Å²) < 4.78 is 0. The number of hydrogen-bond acceptors (Lipinski definition) is 3. The lowest BCUT2D eigenvalue weighted by molar-refractivity contribution is -0.368. The Morgan fingerprint density at radius 1 is 1.23 bits per heavy atom. The van der Waals surface area contributed by atoms with Gasteiger partial charge in [-0.25, -0.2) is 4.98 Å². The summed E-state index contributed by atoms with van der Waals surface area (Å²) in [5, 5.41) is 0.572. The molecule has 0 bridgehead atoms. The second kappa shape index (κ2) is 10.1. The van der Waals surface area contributed by atoms with Crippen LogP contribution in [0.25, 0.3) is 10.9 Å². The Kier molecular flexibility index (Phi) is 7.78. The molecule has 0 saturated heterocycles. The molecular formula is C20H31N4O2+.